The van der Waals surface area contributed by atoms with Crippen molar-refractivity contribution in [3.05, 3.63) is 0 Å². The third-order valence-electron chi connectivity index (χ3n) is 3.33. The van der Waals surface area contributed by atoms with Gasteiger partial charge in [-0.25, -0.2) is 9.59 Å². The zero-order chi connectivity index (χ0) is 14.5. The van der Waals surface area contributed by atoms with Gasteiger partial charge in [0.15, 0.2) is 6.10 Å². The fourth-order valence-electron chi connectivity index (χ4n) is 2.02. The van der Waals surface area contributed by atoms with Crippen LogP contribution in [-0.4, -0.2) is 63.6 Å². The number of urea groups is 1. The van der Waals surface area contributed by atoms with Gasteiger partial charge in [-0.2, -0.15) is 0 Å². The Labute approximate surface area is 112 Å². The van der Waals surface area contributed by atoms with E-state index < -0.39 is 17.7 Å². The van der Waals surface area contributed by atoms with Crippen LogP contribution in [0.25, 0.3) is 0 Å². The molecule has 0 aliphatic carbocycles. The van der Waals surface area contributed by atoms with Crippen molar-refractivity contribution < 1.29 is 24.9 Å². The Balaban J connectivity index is 2.31. The molecule has 7 nitrogen and oxygen atoms in total. The van der Waals surface area contributed by atoms with Gasteiger partial charge in [-0.3, -0.25) is 0 Å². The summed E-state index contributed by atoms with van der Waals surface area (Å²) in [5, 5.41) is 30.0. The van der Waals surface area contributed by atoms with Crippen LogP contribution >= 0.6 is 0 Å². The molecule has 2 amide bonds. The average Bonchev–Trinajstić information content (AvgIpc) is 2.49. The predicted molar refractivity (Wildman–Crippen MR) is 67.7 cm³/mol. The van der Waals surface area contributed by atoms with E-state index in [2.05, 4.69) is 5.32 Å². The van der Waals surface area contributed by atoms with Crippen molar-refractivity contribution >= 4 is 12.0 Å². The number of rotatable bonds is 4. The quantitative estimate of drug-likeness (QED) is 0.566. The normalized spacial score (nSPS) is 25.5. The van der Waals surface area contributed by atoms with Crippen LogP contribution in [0.1, 0.15) is 32.6 Å². The van der Waals surface area contributed by atoms with Gasteiger partial charge in [-0.05, 0) is 26.2 Å². The van der Waals surface area contributed by atoms with E-state index in [4.69, 9.17) is 10.2 Å². The summed E-state index contributed by atoms with van der Waals surface area (Å²) in [4.78, 5) is 23.8. The molecule has 0 saturated carbocycles. The van der Waals surface area contributed by atoms with Gasteiger partial charge in [0, 0.05) is 26.1 Å². The van der Waals surface area contributed by atoms with Gasteiger partial charge in [0.1, 0.15) is 0 Å². The third kappa shape index (κ3) is 5.44. The van der Waals surface area contributed by atoms with Crippen LogP contribution in [0, 0.1) is 0 Å². The van der Waals surface area contributed by atoms with E-state index in [1.165, 1.54) is 0 Å². The van der Waals surface area contributed by atoms with E-state index in [0.29, 0.717) is 25.9 Å². The summed E-state index contributed by atoms with van der Waals surface area (Å²) >= 11 is 0. The van der Waals surface area contributed by atoms with Gasteiger partial charge >= 0.3 is 12.0 Å². The zero-order valence-corrected chi connectivity index (χ0v) is 11.1. The number of carbonyl (C=O) groups excluding carboxylic acids is 1. The molecular formula is C12H22N2O5. The average molecular weight is 274 g/mol. The molecule has 0 aromatic heterocycles. The summed E-state index contributed by atoms with van der Waals surface area (Å²) in [6.07, 6.45) is 0.447. The summed E-state index contributed by atoms with van der Waals surface area (Å²) in [7, 11) is 0. The maximum atomic E-state index is 11.8. The van der Waals surface area contributed by atoms with E-state index in [1.54, 1.807) is 11.8 Å². The molecule has 1 saturated heterocycles. The smallest absolute Gasteiger partial charge is 0.332 e. The van der Waals surface area contributed by atoms with Gasteiger partial charge < -0.3 is 25.5 Å². The van der Waals surface area contributed by atoms with E-state index in [0.717, 1.165) is 6.42 Å². The Morgan fingerprint density at radius 1 is 1.37 bits per heavy atom. The van der Waals surface area contributed by atoms with Gasteiger partial charge in [0.2, 0.25) is 0 Å². The molecule has 7 heteroatoms. The van der Waals surface area contributed by atoms with Crippen molar-refractivity contribution in [1.82, 2.24) is 10.2 Å². The first kappa shape index (κ1) is 15.7. The minimum atomic E-state index is -1.45. The van der Waals surface area contributed by atoms with E-state index in [-0.39, 0.29) is 19.0 Å². The van der Waals surface area contributed by atoms with E-state index in [9.17, 15) is 14.7 Å². The number of aliphatic hydroxyl groups is 2. The van der Waals surface area contributed by atoms with Crippen molar-refractivity contribution in [3.63, 3.8) is 0 Å². The highest BCUT2D eigenvalue weighted by molar-refractivity contribution is 5.74. The molecule has 0 bridgehead atoms. The maximum Gasteiger partial charge on any atom is 0.332 e. The van der Waals surface area contributed by atoms with Crippen LogP contribution in [0.15, 0.2) is 0 Å². The van der Waals surface area contributed by atoms with Crippen LogP contribution < -0.4 is 5.32 Å². The monoisotopic (exact) mass is 274 g/mol. The number of likely N-dealkylation sites (tertiary alicyclic amines) is 1. The molecule has 1 rings (SSSR count). The van der Waals surface area contributed by atoms with Crippen molar-refractivity contribution in [3.8, 4) is 0 Å². The first-order chi connectivity index (χ1) is 8.82. The van der Waals surface area contributed by atoms with Crippen LogP contribution in [0.2, 0.25) is 0 Å². The number of hydrogen-bond donors (Lipinski definition) is 4. The summed E-state index contributed by atoms with van der Waals surface area (Å²) in [6.45, 7) is 2.92. The van der Waals surface area contributed by atoms with Gasteiger partial charge in [0.25, 0.3) is 0 Å². The standard InChI is InChI=1S/C12H22N2O5/c1-12(19)4-2-7-14(8-5-12)11(18)13-6-3-9(15)10(16)17/h9,15,19H,2-8H2,1H3,(H,13,18)(H,16,17)/t9-,12?/m0/s1. The van der Waals surface area contributed by atoms with Crippen molar-refractivity contribution in [1.29, 1.82) is 0 Å². The number of carboxylic acid groups (broad SMARTS) is 1. The minimum absolute atomic E-state index is 0.0212. The van der Waals surface area contributed by atoms with Crippen LogP contribution in [0.5, 0.6) is 0 Å². The summed E-state index contributed by atoms with van der Waals surface area (Å²) < 4.78 is 0. The molecule has 0 aromatic rings. The lowest BCUT2D eigenvalue weighted by Crippen LogP contribution is -2.42. The second-order valence-electron chi connectivity index (χ2n) is 5.21. The predicted octanol–water partition coefficient (Wildman–Crippen LogP) is -0.231. The molecule has 0 spiro atoms. The Kier molecular flexibility index (Phi) is 5.56. The largest absolute Gasteiger partial charge is 0.479 e. The molecule has 19 heavy (non-hydrogen) atoms. The second kappa shape index (κ2) is 6.72. The number of carboxylic acids is 1. The topological polar surface area (TPSA) is 110 Å². The van der Waals surface area contributed by atoms with Crippen molar-refractivity contribution in [2.75, 3.05) is 19.6 Å². The van der Waals surface area contributed by atoms with Crippen LogP contribution in [-0.2, 0) is 4.79 Å². The van der Waals surface area contributed by atoms with Crippen LogP contribution in [0.3, 0.4) is 0 Å². The number of nitrogens with one attached hydrogen (secondary N) is 1. The molecule has 1 fully saturated rings. The second-order valence-corrected chi connectivity index (χ2v) is 5.21. The molecule has 0 aromatic carbocycles. The lowest BCUT2D eigenvalue weighted by Gasteiger charge is -2.23. The lowest BCUT2D eigenvalue weighted by atomic mass is 9.98. The third-order valence-corrected chi connectivity index (χ3v) is 3.33. The van der Waals surface area contributed by atoms with E-state index >= 15 is 0 Å². The fourth-order valence-corrected chi connectivity index (χ4v) is 2.02. The zero-order valence-electron chi connectivity index (χ0n) is 11.1. The van der Waals surface area contributed by atoms with E-state index in [1.807, 2.05) is 0 Å². The maximum absolute atomic E-state index is 11.8. The number of aliphatic hydroxyl groups excluding tert-OH is 1. The first-order valence-corrected chi connectivity index (χ1v) is 6.48. The molecule has 2 atom stereocenters. The molecule has 1 unspecified atom stereocenters. The molecule has 1 aliphatic rings. The molecule has 4 N–H and O–H groups in total. The Bertz CT molecular complexity index is 332. The molecule has 0 radical (unpaired) electrons. The Morgan fingerprint density at radius 3 is 2.68 bits per heavy atom. The first-order valence-electron chi connectivity index (χ1n) is 6.48. The highest BCUT2D eigenvalue weighted by Gasteiger charge is 2.26. The highest BCUT2D eigenvalue weighted by atomic mass is 16.4. The number of amides is 2. The number of nitrogens with zero attached hydrogens (tertiary/aromatic N) is 1. The lowest BCUT2D eigenvalue weighted by molar-refractivity contribution is -0.146. The van der Waals surface area contributed by atoms with Gasteiger partial charge in [-0.15, -0.1) is 0 Å². The number of aliphatic carboxylic acids is 1. The molecule has 1 aliphatic heterocycles. The Morgan fingerprint density at radius 2 is 2.05 bits per heavy atom. The van der Waals surface area contributed by atoms with Gasteiger partial charge in [-0.1, -0.05) is 0 Å². The highest BCUT2D eigenvalue weighted by Crippen LogP contribution is 2.21. The van der Waals surface area contributed by atoms with Gasteiger partial charge in [0.05, 0.1) is 5.60 Å². The molecular weight excluding hydrogens is 252 g/mol. The number of carbonyl (C=O) groups is 2. The summed E-state index contributed by atoms with van der Waals surface area (Å²) in [5.74, 6) is -1.29. The number of hydrogen-bond acceptors (Lipinski definition) is 4. The minimum Gasteiger partial charge on any atom is -0.479 e. The Hall–Kier alpha value is -1.34. The molecule has 110 valence electrons. The van der Waals surface area contributed by atoms with Crippen molar-refractivity contribution in [2.24, 2.45) is 0 Å². The van der Waals surface area contributed by atoms with Crippen molar-refractivity contribution in [2.45, 2.75) is 44.3 Å². The fraction of sp³-hybridized carbons (Fsp3) is 0.833. The summed E-state index contributed by atoms with van der Waals surface area (Å²) in [6, 6.07) is -0.282. The molecule has 1 heterocycles. The SMILES string of the molecule is CC1(O)CCCN(C(=O)NCC[C@H](O)C(=O)O)CC1. The van der Waals surface area contributed by atoms with Crippen LogP contribution in [0.4, 0.5) is 4.79 Å². The summed E-state index contributed by atoms with van der Waals surface area (Å²) in [5.41, 5.74) is -0.728.